The van der Waals surface area contributed by atoms with Crippen LogP contribution in [0.2, 0.25) is 0 Å². The molecule has 0 fully saturated rings. The highest BCUT2D eigenvalue weighted by molar-refractivity contribution is 5.80. The first-order valence-electron chi connectivity index (χ1n) is 11.3. The summed E-state index contributed by atoms with van der Waals surface area (Å²) in [5, 5.41) is 0. The van der Waals surface area contributed by atoms with Gasteiger partial charge in [-0.2, -0.15) is 4.57 Å². The minimum atomic E-state index is 0.773. The van der Waals surface area contributed by atoms with E-state index in [1.807, 2.05) is 12.1 Å². The summed E-state index contributed by atoms with van der Waals surface area (Å²) in [4.78, 5) is 0. The molecular weight excluding hydrogens is 390 g/mol. The van der Waals surface area contributed by atoms with Crippen LogP contribution in [0.15, 0.2) is 97.2 Å². The molecule has 0 bridgehead atoms. The maximum atomic E-state index is 5.79. The summed E-state index contributed by atoms with van der Waals surface area (Å²) in [6.45, 7) is 2.95. The molecule has 0 spiro atoms. The van der Waals surface area contributed by atoms with Crippen molar-refractivity contribution in [2.75, 3.05) is 6.61 Å². The molecule has 0 N–H and O–H groups in total. The maximum Gasteiger partial charge on any atom is 0.219 e. The Hall–Kier alpha value is -3.65. The highest BCUT2D eigenvalue weighted by Crippen LogP contribution is 2.27. The van der Waals surface area contributed by atoms with Gasteiger partial charge >= 0.3 is 0 Å². The van der Waals surface area contributed by atoms with Gasteiger partial charge in [-0.25, -0.2) is 0 Å². The number of rotatable bonds is 8. The first-order valence-corrected chi connectivity index (χ1v) is 11.3. The van der Waals surface area contributed by atoms with E-state index in [1.54, 1.807) is 0 Å². The zero-order valence-electron chi connectivity index (χ0n) is 18.9. The van der Waals surface area contributed by atoms with Gasteiger partial charge in [0.15, 0.2) is 6.20 Å². The van der Waals surface area contributed by atoms with Gasteiger partial charge in [0.25, 0.3) is 0 Å². The van der Waals surface area contributed by atoms with Crippen LogP contribution in [0.25, 0.3) is 34.5 Å². The Morgan fingerprint density at radius 2 is 1.41 bits per heavy atom. The van der Waals surface area contributed by atoms with Gasteiger partial charge in [0, 0.05) is 16.7 Å². The Morgan fingerprint density at radius 3 is 2.06 bits per heavy atom. The molecule has 1 aromatic heterocycles. The van der Waals surface area contributed by atoms with Crippen LogP contribution in [0.5, 0.6) is 5.75 Å². The van der Waals surface area contributed by atoms with Crippen LogP contribution in [-0.2, 0) is 7.05 Å². The second-order valence-corrected chi connectivity index (χ2v) is 7.98. The summed E-state index contributed by atoms with van der Waals surface area (Å²) in [5.41, 5.74) is 7.15. The third kappa shape index (κ3) is 5.33. The van der Waals surface area contributed by atoms with Crippen molar-refractivity contribution < 1.29 is 9.30 Å². The lowest BCUT2D eigenvalue weighted by Crippen LogP contribution is -2.31. The number of hydrogen-bond donors (Lipinski definition) is 0. The summed E-state index contributed by atoms with van der Waals surface area (Å²) in [6, 6.07) is 31.7. The second-order valence-electron chi connectivity index (χ2n) is 7.98. The normalized spacial score (nSPS) is 11.1. The monoisotopic (exact) mass is 420 g/mol. The van der Waals surface area contributed by atoms with Gasteiger partial charge in [-0.1, -0.05) is 80.1 Å². The van der Waals surface area contributed by atoms with Crippen LogP contribution in [0.3, 0.4) is 0 Å². The van der Waals surface area contributed by atoms with E-state index in [9.17, 15) is 0 Å². The summed E-state index contributed by atoms with van der Waals surface area (Å²) < 4.78 is 8.02. The molecule has 3 aromatic carbocycles. The van der Waals surface area contributed by atoms with Crippen molar-refractivity contribution in [3.05, 3.63) is 108 Å². The van der Waals surface area contributed by atoms with Crippen molar-refractivity contribution in [1.29, 1.82) is 0 Å². The highest BCUT2D eigenvalue weighted by atomic mass is 16.5. The number of hydrogen-bond acceptors (Lipinski definition) is 1. The minimum absolute atomic E-state index is 0.773. The molecule has 1 heterocycles. The third-order valence-corrected chi connectivity index (χ3v) is 5.53. The van der Waals surface area contributed by atoms with E-state index < -0.39 is 0 Å². The molecule has 0 saturated heterocycles. The Labute approximate surface area is 191 Å². The van der Waals surface area contributed by atoms with E-state index >= 15 is 0 Å². The van der Waals surface area contributed by atoms with Crippen LogP contribution < -0.4 is 9.30 Å². The number of pyridine rings is 1. The zero-order valence-corrected chi connectivity index (χ0v) is 18.9. The van der Waals surface area contributed by atoms with Gasteiger partial charge in [0.2, 0.25) is 5.69 Å². The highest BCUT2D eigenvalue weighted by Gasteiger charge is 2.17. The third-order valence-electron chi connectivity index (χ3n) is 5.53. The lowest BCUT2D eigenvalue weighted by molar-refractivity contribution is -0.660. The van der Waals surface area contributed by atoms with Gasteiger partial charge in [-0.05, 0) is 54.0 Å². The van der Waals surface area contributed by atoms with E-state index in [-0.39, 0.29) is 0 Å². The number of aromatic nitrogens is 1. The number of ether oxygens (including phenoxy) is 1. The van der Waals surface area contributed by atoms with Gasteiger partial charge in [0.1, 0.15) is 12.8 Å². The second kappa shape index (κ2) is 10.6. The van der Waals surface area contributed by atoms with Crippen LogP contribution in [-0.4, -0.2) is 6.61 Å². The van der Waals surface area contributed by atoms with Crippen molar-refractivity contribution in [3.63, 3.8) is 0 Å². The first kappa shape index (κ1) is 21.6. The molecule has 0 radical (unpaired) electrons. The largest absolute Gasteiger partial charge is 0.494 e. The minimum Gasteiger partial charge on any atom is -0.494 e. The molecule has 0 aliphatic rings. The SMILES string of the molecule is CCCCOc1ccc(/C=C/c2cc(-c3ccccc3)c[n+](C)c2-c2ccccc2)cc1. The lowest BCUT2D eigenvalue weighted by Gasteiger charge is -2.09. The van der Waals surface area contributed by atoms with Crippen molar-refractivity contribution in [1.82, 2.24) is 0 Å². The van der Waals surface area contributed by atoms with Gasteiger partial charge in [-0.15, -0.1) is 0 Å². The molecule has 2 heteroatoms. The molecule has 0 saturated carbocycles. The molecule has 0 atom stereocenters. The molecule has 2 nitrogen and oxygen atoms in total. The maximum absolute atomic E-state index is 5.79. The van der Waals surface area contributed by atoms with Gasteiger partial charge < -0.3 is 4.74 Å². The molecule has 0 aliphatic carbocycles. The van der Waals surface area contributed by atoms with Crippen molar-refractivity contribution in [2.45, 2.75) is 19.8 Å². The van der Waals surface area contributed by atoms with Gasteiger partial charge in [0.05, 0.1) is 6.61 Å². The Morgan fingerprint density at radius 1 is 0.750 bits per heavy atom. The lowest BCUT2D eigenvalue weighted by atomic mass is 9.99. The summed E-state index contributed by atoms with van der Waals surface area (Å²) in [5.74, 6) is 0.929. The molecule has 0 aliphatic heterocycles. The van der Waals surface area contributed by atoms with Crippen molar-refractivity contribution in [2.24, 2.45) is 7.05 Å². The molecule has 4 rings (SSSR count). The zero-order chi connectivity index (χ0) is 22.2. The fourth-order valence-electron chi connectivity index (χ4n) is 3.83. The van der Waals surface area contributed by atoms with Crippen LogP contribution in [0.1, 0.15) is 30.9 Å². The fraction of sp³-hybridized carbons (Fsp3) is 0.167. The number of aryl methyl sites for hydroxylation is 1. The van der Waals surface area contributed by atoms with Crippen LogP contribution >= 0.6 is 0 Å². The Kier molecular flexibility index (Phi) is 7.14. The van der Waals surface area contributed by atoms with E-state index in [0.717, 1.165) is 30.8 Å². The number of nitrogens with zero attached hydrogens (tertiary/aromatic N) is 1. The van der Waals surface area contributed by atoms with Crippen LogP contribution in [0, 0.1) is 0 Å². The molecule has 0 amide bonds. The van der Waals surface area contributed by atoms with E-state index in [0.29, 0.717) is 0 Å². The molecule has 4 aromatic rings. The topological polar surface area (TPSA) is 13.1 Å². The Balaban J connectivity index is 1.68. The predicted molar refractivity (Wildman–Crippen MR) is 134 cm³/mol. The molecular formula is C30H30NO+. The summed E-state index contributed by atoms with van der Waals surface area (Å²) >= 11 is 0. The fourth-order valence-corrected chi connectivity index (χ4v) is 3.83. The van der Waals surface area contributed by atoms with Crippen LogP contribution in [0.4, 0.5) is 0 Å². The van der Waals surface area contributed by atoms with Crippen molar-refractivity contribution >= 4 is 12.2 Å². The summed E-state index contributed by atoms with van der Waals surface area (Å²) in [7, 11) is 2.12. The molecule has 160 valence electrons. The smallest absolute Gasteiger partial charge is 0.219 e. The quantitative estimate of drug-likeness (QED) is 0.217. The molecule has 32 heavy (non-hydrogen) atoms. The van der Waals surface area contributed by atoms with E-state index in [1.165, 1.54) is 27.9 Å². The predicted octanol–water partition coefficient (Wildman–Crippen LogP) is 7.19. The van der Waals surface area contributed by atoms with Crippen molar-refractivity contribution in [3.8, 4) is 28.1 Å². The molecule has 0 unspecified atom stereocenters. The van der Waals surface area contributed by atoms with Gasteiger partial charge in [-0.3, -0.25) is 0 Å². The van der Waals surface area contributed by atoms with E-state index in [2.05, 4.69) is 116 Å². The number of unbranched alkanes of at least 4 members (excludes halogenated alkanes) is 1. The Bertz CT molecular complexity index is 1160. The average Bonchev–Trinajstić information content (AvgIpc) is 2.84. The number of benzene rings is 3. The first-order chi connectivity index (χ1) is 15.7. The van der Waals surface area contributed by atoms with E-state index in [4.69, 9.17) is 4.74 Å². The standard InChI is InChI=1S/C30H30NO/c1-3-4-21-32-29-19-16-24(17-20-29)15-18-27-22-28(25-11-7-5-8-12-25)23-31(2)30(27)26-13-9-6-10-14-26/h5-20,22-23H,3-4,21H2,1-2H3/q+1/b18-15+. The summed E-state index contributed by atoms with van der Waals surface area (Å²) in [6.07, 6.45) is 8.81. The average molecular weight is 421 g/mol.